The molecule has 0 aliphatic heterocycles. The summed E-state index contributed by atoms with van der Waals surface area (Å²) in [7, 11) is 1.79. The van der Waals surface area contributed by atoms with Crippen molar-refractivity contribution >= 4 is 24.2 Å². The standard InChI is InChI=1S/C25H22FN7O3/c1-16-9-21(17-3-5-20(27-10-17)25(36)18-4-6-22(26)28-11-18)31-24(19-12-30-32(2)13-19)23(16)29-14-33(15-35)7-8-34/h3-6,9-15,34H,7-8H2,1-2H3. The Balaban J connectivity index is 1.71. The van der Waals surface area contributed by atoms with Crippen LogP contribution in [0.4, 0.5) is 10.1 Å². The van der Waals surface area contributed by atoms with Crippen LogP contribution in [0.3, 0.4) is 0 Å². The number of hydrogen-bond donors (Lipinski definition) is 1. The number of aromatic nitrogens is 5. The molecule has 0 bridgehead atoms. The molecule has 4 heterocycles. The van der Waals surface area contributed by atoms with Gasteiger partial charge in [-0.1, -0.05) is 0 Å². The van der Waals surface area contributed by atoms with E-state index in [-0.39, 0.29) is 30.2 Å². The molecule has 4 rings (SSSR count). The van der Waals surface area contributed by atoms with E-state index in [9.17, 15) is 14.0 Å². The summed E-state index contributed by atoms with van der Waals surface area (Å²) >= 11 is 0. The number of ketones is 1. The number of hydrogen-bond acceptors (Lipinski definition) is 8. The van der Waals surface area contributed by atoms with E-state index in [4.69, 9.17) is 10.1 Å². The fourth-order valence-corrected chi connectivity index (χ4v) is 3.44. The molecule has 36 heavy (non-hydrogen) atoms. The highest BCUT2D eigenvalue weighted by molar-refractivity contribution is 6.07. The molecule has 0 fully saturated rings. The SMILES string of the molecule is Cc1cc(-c2ccc(C(=O)c3ccc(F)nc3)nc2)nc(-c2cnn(C)c2)c1N=CN(C=O)CCO. The first-order chi connectivity index (χ1) is 17.4. The summed E-state index contributed by atoms with van der Waals surface area (Å²) in [6.07, 6.45) is 8.09. The zero-order valence-electron chi connectivity index (χ0n) is 19.5. The predicted molar refractivity (Wildman–Crippen MR) is 130 cm³/mol. The maximum absolute atomic E-state index is 13.1. The van der Waals surface area contributed by atoms with Crippen molar-refractivity contribution in [3.63, 3.8) is 0 Å². The minimum absolute atomic E-state index is 0.116. The van der Waals surface area contributed by atoms with Gasteiger partial charge in [-0.25, -0.2) is 15.0 Å². The van der Waals surface area contributed by atoms with E-state index in [0.717, 1.165) is 17.2 Å². The Bertz CT molecular complexity index is 1420. The Morgan fingerprint density at radius 2 is 2.00 bits per heavy atom. The van der Waals surface area contributed by atoms with Crippen LogP contribution in [-0.4, -0.2) is 66.4 Å². The Morgan fingerprint density at radius 1 is 1.17 bits per heavy atom. The number of carbonyl (C=O) groups excluding carboxylic acids is 2. The quantitative estimate of drug-likeness (QED) is 0.126. The number of aliphatic imine (C=N–C) groups is 1. The van der Waals surface area contributed by atoms with Crippen LogP contribution in [0, 0.1) is 12.9 Å². The summed E-state index contributed by atoms with van der Waals surface area (Å²) in [5.41, 5.74) is 4.28. The molecule has 1 amide bonds. The summed E-state index contributed by atoms with van der Waals surface area (Å²) in [5.74, 6) is -1.04. The van der Waals surface area contributed by atoms with Crippen LogP contribution >= 0.6 is 0 Å². The fraction of sp³-hybridized carbons (Fsp3) is 0.160. The fourth-order valence-electron chi connectivity index (χ4n) is 3.44. The maximum Gasteiger partial charge on any atom is 0.214 e. The van der Waals surface area contributed by atoms with Crippen LogP contribution in [-0.2, 0) is 11.8 Å². The van der Waals surface area contributed by atoms with Gasteiger partial charge in [-0.3, -0.25) is 19.3 Å². The summed E-state index contributed by atoms with van der Waals surface area (Å²) in [4.78, 5) is 42.1. The first-order valence-electron chi connectivity index (χ1n) is 10.9. The Labute approximate surface area is 205 Å². The first kappa shape index (κ1) is 24.5. The average molecular weight is 487 g/mol. The second-order valence-corrected chi connectivity index (χ2v) is 7.87. The zero-order chi connectivity index (χ0) is 25.7. The van der Waals surface area contributed by atoms with Crippen molar-refractivity contribution in [2.45, 2.75) is 6.92 Å². The van der Waals surface area contributed by atoms with Crippen molar-refractivity contribution in [1.82, 2.24) is 29.6 Å². The van der Waals surface area contributed by atoms with Gasteiger partial charge in [-0.15, -0.1) is 0 Å². The van der Waals surface area contributed by atoms with Crippen LogP contribution in [0.2, 0.25) is 0 Å². The minimum atomic E-state index is -0.666. The van der Waals surface area contributed by atoms with Crippen molar-refractivity contribution in [3.05, 3.63) is 77.9 Å². The van der Waals surface area contributed by atoms with E-state index < -0.39 is 5.95 Å². The van der Waals surface area contributed by atoms with Gasteiger partial charge >= 0.3 is 0 Å². The van der Waals surface area contributed by atoms with Gasteiger partial charge in [-0.05, 0) is 42.8 Å². The van der Waals surface area contributed by atoms with Gasteiger partial charge in [-0.2, -0.15) is 9.49 Å². The molecular formula is C25H22FN7O3. The lowest BCUT2D eigenvalue weighted by atomic mass is 10.0. The highest BCUT2D eigenvalue weighted by atomic mass is 19.1. The zero-order valence-corrected chi connectivity index (χ0v) is 19.5. The second-order valence-electron chi connectivity index (χ2n) is 7.87. The van der Waals surface area contributed by atoms with Crippen LogP contribution in [0.25, 0.3) is 22.5 Å². The van der Waals surface area contributed by atoms with Gasteiger partial charge in [0.15, 0.2) is 0 Å². The van der Waals surface area contributed by atoms with E-state index in [1.807, 2.05) is 13.0 Å². The predicted octanol–water partition coefficient (Wildman–Crippen LogP) is 2.73. The van der Waals surface area contributed by atoms with Crippen LogP contribution in [0.5, 0.6) is 0 Å². The highest BCUT2D eigenvalue weighted by Crippen LogP contribution is 2.34. The molecule has 1 N–H and O–H groups in total. The number of pyridine rings is 3. The molecule has 11 heteroatoms. The van der Waals surface area contributed by atoms with E-state index in [1.54, 1.807) is 36.3 Å². The summed E-state index contributed by atoms with van der Waals surface area (Å²) < 4.78 is 14.7. The maximum atomic E-state index is 13.1. The van der Waals surface area contributed by atoms with Crippen molar-refractivity contribution in [2.24, 2.45) is 12.0 Å². The number of amides is 1. The molecular weight excluding hydrogens is 465 g/mol. The largest absolute Gasteiger partial charge is 0.395 e. The molecule has 4 aromatic rings. The van der Waals surface area contributed by atoms with E-state index in [2.05, 4.69) is 20.1 Å². The van der Waals surface area contributed by atoms with Crippen LogP contribution in [0.1, 0.15) is 21.6 Å². The Hall–Kier alpha value is -4.64. The number of aliphatic hydroxyl groups is 1. The monoisotopic (exact) mass is 487 g/mol. The summed E-state index contributed by atoms with van der Waals surface area (Å²) in [6, 6.07) is 7.61. The molecule has 0 aliphatic rings. The molecule has 0 radical (unpaired) electrons. The molecule has 0 unspecified atom stereocenters. The highest BCUT2D eigenvalue weighted by Gasteiger charge is 2.16. The van der Waals surface area contributed by atoms with Gasteiger partial charge in [0.1, 0.15) is 11.4 Å². The summed E-state index contributed by atoms with van der Waals surface area (Å²) in [5, 5.41) is 13.3. The molecule has 0 aromatic carbocycles. The molecule has 0 aliphatic carbocycles. The van der Waals surface area contributed by atoms with Crippen molar-refractivity contribution in [1.29, 1.82) is 0 Å². The third kappa shape index (κ3) is 5.36. The normalized spacial score (nSPS) is 11.1. The van der Waals surface area contributed by atoms with E-state index in [0.29, 0.717) is 29.0 Å². The van der Waals surface area contributed by atoms with Crippen molar-refractivity contribution in [2.75, 3.05) is 13.2 Å². The lowest BCUT2D eigenvalue weighted by molar-refractivity contribution is -0.115. The number of aliphatic hydroxyl groups excluding tert-OH is 1. The minimum Gasteiger partial charge on any atom is -0.395 e. The molecule has 0 spiro atoms. The molecule has 0 atom stereocenters. The van der Waals surface area contributed by atoms with Crippen LogP contribution in [0.15, 0.2) is 60.1 Å². The van der Waals surface area contributed by atoms with Crippen molar-refractivity contribution in [3.8, 4) is 22.5 Å². The van der Waals surface area contributed by atoms with E-state index in [1.165, 1.54) is 29.7 Å². The van der Waals surface area contributed by atoms with Gasteiger partial charge < -0.3 is 10.0 Å². The topological polar surface area (TPSA) is 126 Å². The smallest absolute Gasteiger partial charge is 0.214 e. The number of nitrogens with zero attached hydrogens (tertiary/aromatic N) is 7. The van der Waals surface area contributed by atoms with E-state index >= 15 is 0 Å². The van der Waals surface area contributed by atoms with Gasteiger partial charge in [0.05, 0.1) is 30.5 Å². The first-order valence-corrected chi connectivity index (χ1v) is 10.9. The second kappa shape index (κ2) is 10.7. The van der Waals surface area contributed by atoms with Gasteiger partial charge in [0.2, 0.25) is 18.1 Å². The lowest BCUT2D eigenvalue weighted by Gasteiger charge is -2.13. The number of halogens is 1. The molecule has 4 aromatic heterocycles. The Morgan fingerprint density at radius 3 is 2.61 bits per heavy atom. The van der Waals surface area contributed by atoms with Crippen LogP contribution < -0.4 is 0 Å². The van der Waals surface area contributed by atoms with Gasteiger partial charge in [0.25, 0.3) is 0 Å². The number of aryl methyl sites for hydroxylation is 2. The average Bonchev–Trinajstić information content (AvgIpc) is 3.33. The number of carbonyl (C=O) groups is 2. The third-order valence-corrected chi connectivity index (χ3v) is 5.27. The third-order valence-electron chi connectivity index (χ3n) is 5.27. The Kier molecular flexibility index (Phi) is 7.31. The molecule has 182 valence electrons. The summed E-state index contributed by atoms with van der Waals surface area (Å²) in [6.45, 7) is 1.78. The molecule has 0 saturated heterocycles. The lowest BCUT2D eigenvalue weighted by Crippen LogP contribution is -2.23. The molecule has 10 nitrogen and oxygen atoms in total. The molecule has 0 saturated carbocycles. The van der Waals surface area contributed by atoms with Gasteiger partial charge in [0, 0.05) is 48.9 Å². The van der Waals surface area contributed by atoms with Crippen molar-refractivity contribution < 1.29 is 19.1 Å². The number of rotatable bonds is 9.